The molecule has 0 spiro atoms. The average Bonchev–Trinajstić information content (AvgIpc) is 2.86. The Labute approximate surface area is 107 Å². The summed E-state index contributed by atoms with van der Waals surface area (Å²) in [5, 5.41) is 20.4. The Morgan fingerprint density at radius 1 is 1.39 bits per heavy atom. The zero-order valence-electron chi connectivity index (χ0n) is 10.8. The average molecular weight is 245 g/mol. The normalized spacial score (nSPS) is 12.6. The van der Waals surface area contributed by atoms with Crippen LogP contribution in [-0.2, 0) is 0 Å². The molecule has 1 atom stereocenters. The van der Waals surface area contributed by atoms with Gasteiger partial charge in [0.1, 0.15) is 5.75 Å². The SMILES string of the molecule is CCCN[C@H](C)c1cc(-c2ccccc2O)n[nH]1. The molecule has 96 valence electrons. The molecule has 3 N–H and O–H groups in total. The van der Waals surface area contributed by atoms with Crippen LogP contribution < -0.4 is 5.32 Å². The fourth-order valence-corrected chi connectivity index (χ4v) is 1.86. The van der Waals surface area contributed by atoms with Gasteiger partial charge in [-0.2, -0.15) is 5.10 Å². The highest BCUT2D eigenvalue weighted by atomic mass is 16.3. The Morgan fingerprint density at radius 2 is 2.17 bits per heavy atom. The first-order valence-corrected chi connectivity index (χ1v) is 6.29. The Hall–Kier alpha value is -1.81. The number of H-pyrrole nitrogens is 1. The molecule has 0 saturated heterocycles. The van der Waals surface area contributed by atoms with E-state index in [1.165, 1.54) is 0 Å². The lowest BCUT2D eigenvalue weighted by Gasteiger charge is -2.09. The molecule has 0 aliphatic rings. The van der Waals surface area contributed by atoms with Crippen LogP contribution in [0.25, 0.3) is 11.3 Å². The predicted molar refractivity (Wildman–Crippen MR) is 72.4 cm³/mol. The third-order valence-corrected chi connectivity index (χ3v) is 2.94. The Kier molecular flexibility index (Phi) is 3.99. The van der Waals surface area contributed by atoms with Crippen molar-refractivity contribution < 1.29 is 5.11 Å². The van der Waals surface area contributed by atoms with Gasteiger partial charge in [-0.15, -0.1) is 0 Å². The van der Waals surface area contributed by atoms with Crippen LogP contribution in [0, 0.1) is 0 Å². The van der Waals surface area contributed by atoms with Gasteiger partial charge in [-0.1, -0.05) is 19.1 Å². The first kappa shape index (κ1) is 12.6. The number of phenols is 1. The molecule has 0 saturated carbocycles. The minimum absolute atomic E-state index is 0.233. The van der Waals surface area contributed by atoms with Gasteiger partial charge >= 0.3 is 0 Å². The van der Waals surface area contributed by atoms with E-state index in [9.17, 15) is 5.11 Å². The maximum Gasteiger partial charge on any atom is 0.125 e. The first-order chi connectivity index (χ1) is 8.72. The number of nitrogens with one attached hydrogen (secondary N) is 2. The minimum atomic E-state index is 0.233. The maximum atomic E-state index is 9.78. The van der Waals surface area contributed by atoms with E-state index in [4.69, 9.17) is 0 Å². The van der Waals surface area contributed by atoms with E-state index in [2.05, 4.69) is 29.4 Å². The van der Waals surface area contributed by atoms with Crippen LogP contribution in [0.3, 0.4) is 0 Å². The van der Waals surface area contributed by atoms with Crippen LogP contribution in [0.4, 0.5) is 0 Å². The summed E-state index contributed by atoms with van der Waals surface area (Å²) in [4.78, 5) is 0. The van der Waals surface area contributed by atoms with Crippen LogP contribution in [0.2, 0.25) is 0 Å². The fraction of sp³-hybridized carbons (Fsp3) is 0.357. The van der Waals surface area contributed by atoms with E-state index in [-0.39, 0.29) is 11.8 Å². The van der Waals surface area contributed by atoms with Crippen LogP contribution >= 0.6 is 0 Å². The molecule has 0 aliphatic carbocycles. The predicted octanol–water partition coefficient (Wildman–Crippen LogP) is 2.84. The topological polar surface area (TPSA) is 60.9 Å². The van der Waals surface area contributed by atoms with Gasteiger partial charge in [-0.25, -0.2) is 0 Å². The lowest BCUT2D eigenvalue weighted by Crippen LogP contribution is -2.19. The second kappa shape index (κ2) is 5.69. The number of aromatic amines is 1. The van der Waals surface area contributed by atoms with Crippen molar-refractivity contribution in [2.45, 2.75) is 26.3 Å². The Balaban J connectivity index is 2.18. The molecule has 1 aromatic heterocycles. The van der Waals surface area contributed by atoms with E-state index in [1.807, 2.05) is 18.2 Å². The minimum Gasteiger partial charge on any atom is -0.507 e. The number of hydrogen-bond acceptors (Lipinski definition) is 3. The van der Waals surface area contributed by atoms with E-state index in [0.717, 1.165) is 29.9 Å². The highest BCUT2D eigenvalue weighted by Crippen LogP contribution is 2.28. The summed E-state index contributed by atoms with van der Waals surface area (Å²) in [6.07, 6.45) is 1.10. The molecule has 4 heteroatoms. The van der Waals surface area contributed by atoms with Crippen molar-refractivity contribution in [3.8, 4) is 17.0 Å². The lowest BCUT2D eigenvalue weighted by molar-refractivity contribution is 0.477. The van der Waals surface area contributed by atoms with Crippen LogP contribution in [0.5, 0.6) is 5.75 Å². The number of phenolic OH excluding ortho intramolecular Hbond substituents is 1. The summed E-state index contributed by atoms with van der Waals surface area (Å²) in [7, 11) is 0. The van der Waals surface area contributed by atoms with Gasteiger partial charge in [0.15, 0.2) is 0 Å². The number of benzene rings is 1. The number of para-hydroxylation sites is 1. The fourth-order valence-electron chi connectivity index (χ4n) is 1.86. The van der Waals surface area contributed by atoms with E-state index in [0.29, 0.717) is 0 Å². The van der Waals surface area contributed by atoms with E-state index < -0.39 is 0 Å². The van der Waals surface area contributed by atoms with Gasteiger partial charge in [-0.3, -0.25) is 5.10 Å². The second-order valence-electron chi connectivity index (χ2n) is 4.40. The van der Waals surface area contributed by atoms with Gasteiger partial charge in [0.05, 0.1) is 11.4 Å². The van der Waals surface area contributed by atoms with Crippen molar-refractivity contribution in [2.24, 2.45) is 0 Å². The number of hydrogen-bond donors (Lipinski definition) is 3. The number of rotatable bonds is 5. The van der Waals surface area contributed by atoms with Crippen molar-refractivity contribution >= 4 is 0 Å². The maximum absolute atomic E-state index is 9.78. The summed E-state index contributed by atoms with van der Waals surface area (Å²) in [6.45, 7) is 5.21. The molecule has 0 bridgehead atoms. The summed E-state index contributed by atoms with van der Waals surface area (Å²) in [5.41, 5.74) is 2.55. The Bertz CT molecular complexity index is 507. The zero-order chi connectivity index (χ0) is 13.0. The molecule has 1 aromatic carbocycles. The quantitative estimate of drug-likeness (QED) is 0.759. The zero-order valence-corrected chi connectivity index (χ0v) is 10.8. The standard InChI is InChI=1S/C14H19N3O/c1-3-8-15-10(2)12-9-13(17-16-12)11-6-4-5-7-14(11)18/h4-7,9-10,15,18H,3,8H2,1-2H3,(H,16,17)/t10-/m1/s1. The molecule has 2 aromatic rings. The van der Waals surface area contributed by atoms with Gasteiger partial charge in [0.2, 0.25) is 0 Å². The summed E-state index contributed by atoms with van der Waals surface area (Å²) < 4.78 is 0. The molecular weight excluding hydrogens is 226 g/mol. The highest BCUT2D eigenvalue weighted by Gasteiger charge is 2.11. The molecule has 2 rings (SSSR count). The third kappa shape index (κ3) is 2.71. The molecule has 0 radical (unpaired) electrons. The number of aromatic nitrogens is 2. The molecule has 4 nitrogen and oxygen atoms in total. The molecule has 0 fully saturated rings. The van der Waals surface area contributed by atoms with Crippen molar-refractivity contribution in [2.75, 3.05) is 6.54 Å². The largest absolute Gasteiger partial charge is 0.507 e. The summed E-state index contributed by atoms with van der Waals surface area (Å²) >= 11 is 0. The van der Waals surface area contributed by atoms with Crippen molar-refractivity contribution in [3.63, 3.8) is 0 Å². The molecule has 18 heavy (non-hydrogen) atoms. The smallest absolute Gasteiger partial charge is 0.125 e. The van der Waals surface area contributed by atoms with Crippen molar-refractivity contribution in [1.82, 2.24) is 15.5 Å². The molecule has 0 unspecified atom stereocenters. The molecule has 0 amide bonds. The van der Waals surface area contributed by atoms with Gasteiger partial charge in [0.25, 0.3) is 0 Å². The highest BCUT2D eigenvalue weighted by molar-refractivity contribution is 5.66. The Morgan fingerprint density at radius 3 is 2.89 bits per heavy atom. The molecular formula is C14H19N3O. The second-order valence-corrected chi connectivity index (χ2v) is 4.40. The lowest BCUT2D eigenvalue weighted by atomic mass is 10.1. The number of nitrogens with zero attached hydrogens (tertiary/aromatic N) is 1. The first-order valence-electron chi connectivity index (χ1n) is 6.29. The monoisotopic (exact) mass is 245 g/mol. The van der Waals surface area contributed by atoms with Gasteiger partial charge < -0.3 is 10.4 Å². The van der Waals surface area contributed by atoms with Crippen molar-refractivity contribution in [1.29, 1.82) is 0 Å². The van der Waals surface area contributed by atoms with Crippen LogP contribution in [-0.4, -0.2) is 21.8 Å². The van der Waals surface area contributed by atoms with Gasteiger partial charge in [0, 0.05) is 11.6 Å². The van der Waals surface area contributed by atoms with E-state index in [1.54, 1.807) is 12.1 Å². The summed E-state index contributed by atoms with van der Waals surface area (Å²) in [5.74, 6) is 0.254. The number of aromatic hydroxyl groups is 1. The molecule has 1 heterocycles. The van der Waals surface area contributed by atoms with Crippen LogP contribution in [0.15, 0.2) is 30.3 Å². The summed E-state index contributed by atoms with van der Waals surface area (Å²) in [6, 6.07) is 9.43. The molecule has 0 aliphatic heterocycles. The van der Waals surface area contributed by atoms with Crippen LogP contribution in [0.1, 0.15) is 32.0 Å². The van der Waals surface area contributed by atoms with Gasteiger partial charge in [-0.05, 0) is 38.1 Å². The van der Waals surface area contributed by atoms with E-state index >= 15 is 0 Å². The third-order valence-electron chi connectivity index (χ3n) is 2.94. The van der Waals surface area contributed by atoms with Crippen molar-refractivity contribution in [3.05, 3.63) is 36.0 Å².